The maximum absolute atomic E-state index is 12.0. The summed E-state index contributed by atoms with van der Waals surface area (Å²) in [6.45, 7) is 0.168. The number of hydrogen-bond donors (Lipinski definition) is 2. The predicted molar refractivity (Wildman–Crippen MR) is 74.0 cm³/mol. The normalized spacial score (nSPS) is 13.4. The first-order valence-electron chi connectivity index (χ1n) is 5.91. The van der Waals surface area contributed by atoms with Gasteiger partial charge >= 0.3 is 0 Å². The Hall–Kier alpha value is -1.63. The Morgan fingerprint density at radius 3 is 2.53 bits per heavy atom. The lowest BCUT2D eigenvalue weighted by Gasteiger charge is -2.12. The van der Waals surface area contributed by atoms with E-state index in [0.29, 0.717) is 0 Å². The van der Waals surface area contributed by atoms with Gasteiger partial charge in [-0.1, -0.05) is 30.3 Å². The Morgan fingerprint density at radius 2 is 1.95 bits per heavy atom. The van der Waals surface area contributed by atoms with Crippen molar-refractivity contribution in [2.24, 2.45) is 12.8 Å². The number of hydrogen-bond acceptors (Lipinski definition) is 3. The van der Waals surface area contributed by atoms with Gasteiger partial charge in [-0.3, -0.25) is 0 Å². The van der Waals surface area contributed by atoms with Gasteiger partial charge in [0.2, 0.25) is 10.0 Å². The van der Waals surface area contributed by atoms with Crippen LogP contribution in [0.15, 0.2) is 53.7 Å². The Balaban J connectivity index is 2.03. The van der Waals surface area contributed by atoms with E-state index in [2.05, 4.69) is 4.72 Å². The molecule has 0 bridgehead atoms. The lowest BCUT2D eigenvalue weighted by Crippen LogP contribution is -2.31. The lowest BCUT2D eigenvalue weighted by atomic mass is 10.1. The third kappa shape index (κ3) is 3.44. The maximum atomic E-state index is 12.0. The highest BCUT2D eigenvalue weighted by Gasteiger charge is 2.16. The van der Waals surface area contributed by atoms with Gasteiger partial charge in [0, 0.05) is 32.0 Å². The van der Waals surface area contributed by atoms with Crippen LogP contribution in [0.25, 0.3) is 0 Å². The fourth-order valence-electron chi connectivity index (χ4n) is 1.74. The summed E-state index contributed by atoms with van der Waals surface area (Å²) >= 11 is 0. The average Bonchev–Trinajstić information content (AvgIpc) is 2.85. The van der Waals surface area contributed by atoms with Crippen LogP contribution in [-0.4, -0.2) is 19.5 Å². The molecule has 0 radical (unpaired) electrons. The van der Waals surface area contributed by atoms with E-state index in [-0.39, 0.29) is 17.5 Å². The van der Waals surface area contributed by atoms with E-state index in [4.69, 9.17) is 5.73 Å². The van der Waals surface area contributed by atoms with Gasteiger partial charge in [0.05, 0.1) is 4.90 Å². The van der Waals surface area contributed by atoms with Gasteiger partial charge in [0.1, 0.15) is 0 Å². The number of nitrogens with two attached hydrogens (primary N) is 1. The van der Waals surface area contributed by atoms with Crippen LogP contribution in [0, 0.1) is 0 Å². The molecule has 0 amide bonds. The second-order valence-corrected chi connectivity index (χ2v) is 6.15. The number of sulfonamides is 1. The first-order valence-corrected chi connectivity index (χ1v) is 7.39. The zero-order valence-electron chi connectivity index (χ0n) is 10.7. The van der Waals surface area contributed by atoms with Crippen LogP contribution in [-0.2, 0) is 17.1 Å². The largest absolute Gasteiger partial charge is 0.356 e. The van der Waals surface area contributed by atoms with Crippen LogP contribution in [0.2, 0.25) is 0 Å². The number of aryl methyl sites for hydroxylation is 1. The van der Waals surface area contributed by atoms with E-state index in [1.807, 2.05) is 30.3 Å². The van der Waals surface area contributed by atoms with Crippen LogP contribution in [0.4, 0.5) is 0 Å². The van der Waals surface area contributed by atoms with Gasteiger partial charge in [-0.2, -0.15) is 0 Å². The minimum atomic E-state index is -3.49. The summed E-state index contributed by atoms with van der Waals surface area (Å²) < 4.78 is 28.2. The molecule has 1 aromatic carbocycles. The standard InChI is InChI=1S/C13H17N3O2S/c1-16-8-7-12(10-16)19(17,18)15-9-13(14)11-5-3-2-4-6-11/h2-8,10,13,15H,9,14H2,1H3/t13-/m1/s1. The van der Waals surface area contributed by atoms with Crippen molar-refractivity contribution in [1.29, 1.82) is 0 Å². The molecule has 6 heteroatoms. The summed E-state index contributed by atoms with van der Waals surface area (Å²) in [7, 11) is -1.72. The van der Waals surface area contributed by atoms with Crippen molar-refractivity contribution in [3.8, 4) is 0 Å². The second-order valence-electron chi connectivity index (χ2n) is 4.38. The third-order valence-corrected chi connectivity index (χ3v) is 4.24. The van der Waals surface area contributed by atoms with Crippen LogP contribution in [0.1, 0.15) is 11.6 Å². The molecule has 102 valence electrons. The molecular weight excluding hydrogens is 262 g/mol. The molecule has 0 spiro atoms. The number of rotatable bonds is 5. The fraction of sp³-hybridized carbons (Fsp3) is 0.231. The van der Waals surface area contributed by atoms with E-state index in [1.54, 1.807) is 30.1 Å². The molecule has 0 aliphatic heterocycles. The molecule has 1 heterocycles. The van der Waals surface area contributed by atoms with E-state index in [0.717, 1.165) is 5.56 Å². The van der Waals surface area contributed by atoms with E-state index < -0.39 is 10.0 Å². The fourth-order valence-corrected chi connectivity index (χ4v) is 2.85. The van der Waals surface area contributed by atoms with Crippen molar-refractivity contribution in [2.45, 2.75) is 10.9 Å². The quantitative estimate of drug-likeness (QED) is 0.857. The monoisotopic (exact) mass is 279 g/mol. The second kappa shape index (κ2) is 5.56. The number of benzene rings is 1. The van der Waals surface area contributed by atoms with E-state index in [9.17, 15) is 8.42 Å². The smallest absolute Gasteiger partial charge is 0.242 e. The molecule has 1 aromatic heterocycles. The Bertz CT molecular complexity index is 635. The third-order valence-electron chi connectivity index (χ3n) is 2.84. The van der Waals surface area contributed by atoms with Gasteiger partial charge in [-0.15, -0.1) is 0 Å². The predicted octanol–water partition coefficient (Wildman–Crippen LogP) is 1.00. The number of nitrogens with one attached hydrogen (secondary N) is 1. The topological polar surface area (TPSA) is 77.1 Å². The zero-order chi connectivity index (χ0) is 13.9. The Kier molecular flexibility index (Phi) is 4.04. The summed E-state index contributed by atoms with van der Waals surface area (Å²) in [6, 6.07) is 10.6. The summed E-state index contributed by atoms with van der Waals surface area (Å²) in [5, 5.41) is 0. The van der Waals surface area contributed by atoms with Crippen LogP contribution in [0.5, 0.6) is 0 Å². The molecule has 5 nitrogen and oxygen atoms in total. The molecule has 1 atom stereocenters. The molecule has 0 saturated heterocycles. The van der Waals surface area contributed by atoms with Crippen molar-refractivity contribution >= 4 is 10.0 Å². The van der Waals surface area contributed by atoms with Crippen molar-refractivity contribution < 1.29 is 8.42 Å². The van der Waals surface area contributed by atoms with Crippen LogP contribution < -0.4 is 10.5 Å². The van der Waals surface area contributed by atoms with Gasteiger partial charge < -0.3 is 10.3 Å². The minimum absolute atomic E-state index is 0.168. The van der Waals surface area contributed by atoms with Crippen LogP contribution in [0.3, 0.4) is 0 Å². The molecule has 2 rings (SSSR count). The van der Waals surface area contributed by atoms with Gasteiger partial charge in [0.15, 0.2) is 0 Å². The summed E-state index contributed by atoms with van der Waals surface area (Å²) in [6.07, 6.45) is 3.24. The number of aromatic nitrogens is 1. The minimum Gasteiger partial charge on any atom is -0.356 e. The summed E-state index contributed by atoms with van der Waals surface area (Å²) in [5.74, 6) is 0. The maximum Gasteiger partial charge on any atom is 0.242 e. The molecule has 3 N–H and O–H groups in total. The Labute approximate surface area is 113 Å². The average molecular weight is 279 g/mol. The highest BCUT2D eigenvalue weighted by Crippen LogP contribution is 2.11. The van der Waals surface area contributed by atoms with E-state index in [1.165, 1.54) is 0 Å². The molecule has 0 aliphatic carbocycles. The van der Waals surface area contributed by atoms with Crippen molar-refractivity contribution in [3.05, 3.63) is 54.4 Å². The van der Waals surface area contributed by atoms with Crippen molar-refractivity contribution in [1.82, 2.24) is 9.29 Å². The molecule has 2 aromatic rings. The summed E-state index contributed by atoms with van der Waals surface area (Å²) in [4.78, 5) is 0.246. The van der Waals surface area contributed by atoms with Gasteiger partial charge in [-0.05, 0) is 11.6 Å². The molecule has 0 aliphatic rings. The highest BCUT2D eigenvalue weighted by molar-refractivity contribution is 7.89. The van der Waals surface area contributed by atoms with Crippen LogP contribution >= 0.6 is 0 Å². The lowest BCUT2D eigenvalue weighted by molar-refractivity contribution is 0.572. The molecule has 0 saturated carbocycles. The van der Waals surface area contributed by atoms with E-state index >= 15 is 0 Å². The molecule has 0 fully saturated rings. The van der Waals surface area contributed by atoms with Crippen molar-refractivity contribution in [2.75, 3.05) is 6.54 Å². The first-order chi connectivity index (χ1) is 8.99. The molecular formula is C13H17N3O2S. The molecule has 0 unspecified atom stereocenters. The highest BCUT2D eigenvalue weighted by atomic mass is 32.2. The summed E-state index contributed by atoms with van der Waals surface area (Å²) in [5.41, 5.74) is 6.85. The van der Waals surface area contributed by atoms with Gasteiger partial charge in [-0.25, -0.2) is 13.1 Å². The first kappa shape index (κ1) is 13.8. The molecule has 19 heavy (non-hydrogen) atoms. The zero-order valence-corrected chi connectivity index (χ0v) is 11.5. The number of nitrogens with zero attached hydrogens (tertiary/aromatic N) is 1. The Morgan fingerprint density at radius 1 is 1.26 bits per heavy atom. The van der Waals surface area contributed by atoms with Gasteiger partial charge in [0.25, 0.3) is 0 Å². The SMILES string of the molecule is Cn1ccc(S(=O)(=O)NC[C@@H](N)c2ccccc2)c1. The van der Waals surface area contributed by atoms with Crippen molar-refractivity contribution in [3.63, 3.8) is 0 Å².